The summed E-state index contributed by atoms with van der Waals surface area (Å²) in [6.45, 7) is 2.48. The molecule has 0 unspecified atom stereocenters. The van der Waals surface area contributed by atoms with Gasteiger partial charge in [0.25, 0.3) is 0 Å². The van der Waals surface area contributed by atoms with Crippen LogP contribution in [0.4, 0.5) is 0 Å². The van der Waals surface area contributed by atoms with Gasteiger partial charge in [0.1, 0.15) is 24.1 Å². The summed E-state index contributed by atoms with van der Waals surface area (Å²) >= 11 is 0. The lowest BCUT2D eigenvalue weighted by Gasteiger charge is -2.07. The van der Waals surface area contributed by atoms with E-state index in [1.54, 1.807) is 12.3 Å². The van der Waals surface area contributed by atoms with Crippen LogP contribution in [-0.4, -0.2) is 4.98 Å². The van der Waals surface area contributed by atoms with Crippen LogP contribution in [0.25, 0.3) is 0 Å². The summed E-state index contributed by atoms with van der Waals surface area (Å²) in [7, 11) is 0. The molecule has 90 valence electrons. The predicted octanol–water partition coefficient (Wildman–Crippen LogP) is 3.09. The number of aromatic nitrogens is 1. The Morgan fingerprint density at radius 2 is 2.00 bits per heavy atom. The number of nitriles is 1. The quantitative estimate of drug-likeness (QED) is 0.822. The first kappa shape index (κ1) is 12.1. The van der Waals surface area contributed by atoms with Crippen molar-refractivity contribution >= 4 is 0 Å². The van der Waals surface area contributed by atoms with E-state index in [9.17, 15) is 0 Å². The second-order valence-corrected chi connectivity index (χ2v) is 3.91. The fourth-order valence-corrected chi connectivity index (χ4v) is 1.64. The van der Waals surface area contributed by atoms with Crippen molar-refractivity contribution < 1.29 is 4.74 Å². The van der Waals surface area contributed by atoms with Crippen LogP contribution < -0.4 is 4.74 Å². The zero-order valence-electron chi connectivity index (χ0n) is 10.3. The van der Waals surface area contributed by atoms with Crippen molar-refractivity contribution in [1.82, 2.24) is 4.98 Å². The first-order valence-corrected chi connectivity index (χ1v) is 5.89. The molecule has 2 aromatic rings. The minimum atomic E-state index is 0.363. The normalized spacial score (nSPS) is 9.78. The third kappa shape index (κ3) is 2.86. The van der Waals surface area contributed by atoms with Gasteiger partial charge in [0.2, 0.25) is 0 Å². The molecule has 0 saturated heterocycles. The second-order valence-electron chi connectivity index (χ2n) is 3.91. The largest absolute Gasteiger partial charge is 0.489 e. The van der Waals surface area contributed by atoms with Gasteiger partial charge in [0, 0.05) is 11.8 Å². The lowest BCUT2D eigenvalue weighted by molar-refractivity contribution is 0.305. The third-order valence-electron chi connectivity index (χ3n) is 2.72. The number of benzene rings is 1. The number of aryl methyl sites for hydroxylation is 1. The Morgan fingerprint density at radius 3 is 2.67 bits per heavy atom. The second kappa shape index (κ2) is 5.83. The van der Waals surface area contributed by atoms with E-state index in [-0.39, 0.29) is 0 Å². The monoisotopic (exact) mass is 238 g/mol. The topological polar surface area (TPSA) is 45.9 Å². The highest BCUT2D eigenvalue weighted by Crippen LogP contribution is 2.15. The number of hydrogen-bond acceptors (Lipinski definition) is 3. The Kier molecular flexibility index (Phi) is 3.93. The van der Waals surface area contributed by atoms with E-state index in [0.29, 0.717) is 12.3 Å². The maximum Gasteiger partial charge on any atom is 0.147 e. The molecule has 0 aliphatic rings. The molecule has 3 heteroatoms. The van der Waals surface area contributed by atoms with Gasteiger partial charge < -0.3 is 4.74 Å². The van der Waals surface area contributed by atoms with Crippen LogP contribution in [0.15, 0.2) is 42.6 Å². The zero-order valence-corrected chi connectivity index (χ0v) is 10.3. The lowest BCUT2D eigenvalue weighted by Crippen LogP contribution is -1.99. The van der Waals surface area contributed by atoms with Crippen LogP contribution in [-0.2, 0) is 13.0 Å². The SMILES string of the molecule is CCc1ccc(OCc2cccnc2C#N)cc1. The van der Waals surface area contributed by atoms with Crippen LogP contribution in [0.3, 0.4) is 0 Å². The summed E-state index contributed by atoms with van der Waals surface area (Å²) in [6.07, 6.45) is 2.62. The van der Waals surface area contributed by atoms with Gasteiger partial charge in [-0.1, -0.05) is 25.1 Å². The fourth-order valence-electron chi connectivity index (χ4n) is 1.64. The molecular formula is C15H14N2O. The van der Waals surface area contributed by atoms with Gasteiger partial charge in [-0.2, -0.15) is 5.26 Å². The van der Waals surface area contributed by atoms with Crippen molar-refractivity contribution in [2.24, 2.45) is 0 Å². The van der Waals surface area contributed by atoms with Gasteiger partial charge in [-0.3, -0.25) is 0 Å². The summed E-state index contributed by atoms with van der Waals surface area (Å²) in [4.78, 5) is 4.00. The number of ether oxygens (including phenoxy) is 1. The van der Waals surface area contributed by atoms with E-state index in [2.05, 4.69) is 18.0 Å². The van der Waals surface area contributed by atoms with E-state index in [4.69, 9.17) is 10.00 Å². The molecule has 0 N–H and O–H groups in total. The van der Waals surface area contributed by atoms with E-state index in [1.165, 1.54) is 5.56 Å². The highest BCUT2D eigenvalue weighted by molar-refractivity contribution is 5.31. The highest BCUT2D eigenvalue weighted by atomic mass is 16.5. The van der Waals surface area contributed by atoms with Gasteiger partial charge in [0.15, 0.2) is 0 Å². The minimum Gasteiger partial charge on any atom is -0.489 e. The fraction of sp³-hybridized carbons (Fsp3) is 0.200. The molecule has 0 aliphatic carbocycles. The molecule has 0 spiro atoms. The van der Waals surface area contributed by atoms with Crippen LogP contribution in [0.1, 0.15) is 23.7 Å². The average Bonchev–Trinajstić information content (AvgIpc) is 2.46. The van der Waals surface area contributed by atoms with Crippen molar-refractivity contribution in [2.45, 2.75) is 20.0 Å². The van der Waals surface area contributed by atoms with Crippen LogP contribution in [0.2, 0.25) is 0 Å². The average molecular weight is 238 g/mol. The van der Waals surface area contributed by atoms with E-state index in [1.807, 2.05) is 30.3 Å². The summed E-state index contributed by atoms with van der Waals surface area (Å²) in [5.74, 6) is 0.806. The molecule has 0 fully saturated rings. The molecule has 0 radical (unpaired) electrons. The molecule has 1 heterocycles. The smallest absolute Gasteiger partial charge is 0.147 e. The predicted molar refractivity (Wildman–Crippen MR) is 69.1 cm³/mol. The zero-order chi connectivity index (χ0) is 12.8. The molecule has 2 rings (SSSR count). The summed E-state index contributed by atoms with van der Waals surface area (Å²) in [5.41, 5.74) is 2.50. The summed E-state index contributed by atoms with van der Waals surface area (Å²) in [5, 5.41) is 8.92. The number of rotatable bonds is 4. The van der Waals surface area contributed by atoms with Crippen LogP contribution >= 0.6 is 0 Å². The Morgan fingerprint density at radius 1 is 1.22 bits per heavy atom. The van der Waals surface area contributed by atoms with Crippen molar-refractivity contribution in [3.63, 3.8) is 0 Å². The lowest BCUT2D eigenvalue weighted by atomic mass is 10.2. The maximum atomic E-state index is 8.92. The van der Waals surface area contributed by atoms with Gasteiger partial charge in [0.05, 0.1) is 0 Å². The van der Waals surface area contributed by atoms with Gasteiger partial charge >= 0.3 is 0 Å². The van der Waals surface area contributed by atoms with Crippen LogP contribution in [0, 0.1) is 11.3 Å². The highest BCUT2D eigenvalue weighted by Gasteiger charge is 2.03. The first-order chi connectivity index (χ1) is 8.83. The number of pyridine rings is 1. The molecule has 18 heavy (non-hydrogen) atoms. The molecule has 0 amide bonds. The summed E-state index contributed by atoms with van der Waals surface area (Å²) in [6, 6.07) is 13.7. The number of nitrogens with zero attached hydrogens (tertiary/aromatic N) is 2. The van der Waals surface area contributed by atoms with Crippen LogP contribution in [0.5, 0.6) is 5.75 Å². The Hall–Kier alpha value is -2.34. The molecule has 1 aromatic heterocycles. The third-order valence-corrected chi connectivity index (χ3v) is 2.72. The van der Waals surface area contributed by atoms with Gasteiger partial charge in [-0.25, -0.2) is 4.98 Å². The standard InChI is InChI=1S/C15H14N2O/c1-2-12-5-7-14(8-6-12)18-11-13-4-3-9-17-15(13)10-16/h3-9H,2,11H2,1H3. The molecular weight excluding hydrogens is 224 g/mol. The molecule has 1 aromatic carbocycles. The molecule has 0 bridgehead atoms. The van der Waals surface area contributed by atoms with Crippen molar-refractivity contribution in [3.05, 3.63) is 59.4 Å². The molecule has 0 atom stereocenters. The maximum absolute atomic E-state index is 8.92. The van der Waals surface area contributed by atoms with Gasteiger partial charge in [-0.05, 0) is 30.2 Å². The summed E-state index contributed by atoms with van der Waals surface area (Å²) < 4.78 is 5.64. The van der Waals surface area contributed by atoms with E-state index < -0.39 is 0 Å². The Bertz CT molecular complexity index is 555. The first-order valence-electron chi connectivity index (χ1n) is 5.89. The molecule has 0 saturated carbocycles. The van der Waals surface area contributed by atoms with Crippen molar-refractivity contribution in [2.75, 3.05) is 0 Å². The Labute approximate surface area is 107 Å². The molecule has 3 nitrogen and oxygen atoms in total. The number of hydrogen-bond donors (Lipinski definition) is 0. The van der Waals surface area contributed by atoms with Gasteiger partial charge in [-0.15, -0.1) is 0 Å². The minimum absolute atomic E-state index is 0.363. The Balaban J connectivity index is 2.05. The van der Waals surface area contributed by atoms with E-state index >= 15 is 0 Å². The molecule has 0 aliphatic heterocycles. The van der Waals surface area contributed by atoms with Crippen molar-refractivity contribution in [3.8, 4) is 11.8 Å². The van der Waals surface area contributed by atoms with Crippen molar-refractivity contribution in [1.29, 1.82) is 5.26 Å². The van der Waals surface area contributed by atoms with E-state index in [0.717, 1.165) is 17.7 Å².